The lowest BCUT2D eigenvalue weighted by Crippen LogP contribution is -3.00. The van der Waals surface area contributed by atoms with E-state index in [1.54, 1.807) is 0 Å². The molecule has 0 N–H and O–H groups in total. The molecule has 0 aliphatic heterocycles. The van der Waals surface area contributed by atoms with E-state index in [1.165, 1.54) is 0 Å². The number of pyridine rings is 1. The van der Waals surface area contributed by atoms with Crippen LogP contribution in [0, 0.1) is 3.57 Å². The summed E-state index contributed by atoms with van der Waals surface area (Å²) in [5.41, 5.74) is 0.735. The minimum Gasteiger partial charge on any atom is -1.00 e. The van der Waals surface area contributed by atoms with Gasteiger partial charge in [0.1, 0.15) is 0 Å². The van der Waals surface area contributed by atoms with Crippen LogP contribution in [0.2, 0.25) is 0 Å². The quantitative estimate of drug-likeness (QED) is 0.311. The van der Waals surface area contributed by atoms with Gasteiger partial charge in [0.2, 0.25) is 12.3 Å². The number of ketones is 1. The summed E-state index contributed by atoms with van der Waals surface area (Å²) in [6.07, 6.45) is 3.77. The fraction of sp³-hybridized carbons (Fsp3) is 0.0769. The predicted octanol–water partition coefficient (Wildman–Crippen LogP) is 0.991. The number of aromatic nitrogens is 1. The van der Waals surface area contributed by atoms with Gasteiger partial charge in [-0.15, -0.1) is 0 Å². The Morgan fingerprint density at radius 1 is 1.11 bits per heavy atom. The van der Waals surface area contributed by atoms with Gasteiger partial charge in [0.25, 0.3) is 0 Å². The topological polar surface area (TPSA) is 20.9 Å². The minimum absolute atomic E-state index is 0. The maximum Gasteiger partial charge on any atom is 0.227 e. The Hall–Kier alpha value is 0.210. The molecule has 2 nitrogen and oxygen atoms in total. The van der Waals surface area contributed by atoms with E-state index >= 15 is 0 Å². The zero-order valence-electron chi connectivity index (χ0n) is 9.62. The van der Waals surface area contributed by atoms with Crippen molar-refractivity contribution in [1.82, 2.24) is 0 Å². The van der Waals surface area contributed by atoms with Crippen molar-refractivity contribution in [1.29, 1.82) is 0 Å². The number of carbonyl (C=O) groups is 1. The lowest BCUT2D eigenvalue weighted by molar-refractivity contribution is -0.684. The van der Waals surface area contributed by atoms with E-state index in [-0.39, 0.29) is 22.8 Å². The number of rotatable bonds is 3. The third-order valence-corrected chi connectivity index (χ3v) is 3.93. The smallest absolute Gasteiger partial charge is 0.227 e. The van der Waals surface area contributed by atoms with Gasteiger partial charge in [0.15, 0.2) is 12.4 Å². The van der Waals surface area contributed by atoms with E-state index in [0.29, 0.717) is 6.54 Å². The molecule has 0 unspecified atom stereocenters. The van der Waals surface area contributed by atoms with Crippen LogP contribution < -0.4 is 21.5 Å². The fourth-order valence-corrected chi connectivity index (χ4v) is 3.23. The zero-order chi connectivity index (χ0) is 13.1. The van der Waals surface area contributed by atoms with Gasteiger partial charge < -0.3 is 17.0 Å². The van der Waals surface area contributed by atoms with Crippen LogP contribution in [0.1, 0.15) is 10.4 Å². The first-order chi connectivity index (χ1) is 8.54. The first-order valence-electron chi connectivity index (χ1n) is 5.18. The average molecular weight is 562 g/mol. The molecule has 2 rings (SSSR count). The van der Waals surface area contributed by atoms with Crippen LogP contribution in [-0.2, 0) is 6.54 Å². The summed E-state index contributed by atoms with van der Waals surface area (Å²) in [6, 6.07) is 9.53. The standard InChI is InChI=1S/C13H9Br2INO.BrH/c14-10-5-11(15)7-17(6-10)8-13(18)9-1-3-12(16)4-2-9;/h1-7H,8H2;1H/q+1;/p-1. The van der Waals surface area contributed by atoms with E-state index in [4.69, 9.17) is 0 Å². The van der Waals surface area contributed by atoms with Crippen LogP contribution in [0.15, 0.2) is 51.7 Å². The maximum absolute atomic E-state index is 12.1. The molecule has 0 saturated carbocycles. The molecule has 0 amide bonds. The second kappa shape index (κ2) is 7.85. The van der Waals surface area contributed by atoms with Gasteiger partial charge in [0.05, 0.1) is 8.95 Å². The van der Waals surface area contributed by atoms with Crippen molar-refractivity contribution in [3.63, 3.8) is 0 Å². The monoisotopic (exact) mass is 559 g/mol. The Labute approximate surface area is 152 Å². The molecular weight excluding hydrogens is 553 g/mol. The molecule has 0 saturated heterocycles. The normalized spacial score (nSPS) is 9.84. The molecule has 0 atom stereocenters. The molecule has 1 aromatic carbocycles. The van der Waals surface area contributed by atoms with Crippen molar-refractivity contribution in [3.05, 3.63) is 60.8 Å². The van der Waals surface area contributed by atoms with Gasteiger partial charge in [-0.3, -0.25) is 4.79 Å². The Morgan fingerprint density at radius 3 is 2.16 bits per heavy atom. The number of hydrogen-bond donors (Lipinski definition) is 0. The number of carbonyl (C=O) groups excluding carboxylic acids is 1. The second-order valence-corrected chi connectivity index (χ2v) is 6.85. The molecule has 0 radical (unpaired) electrons. The van der Waals surface area contributed by atoms with Crippen molar-refractivity contribution in [3.8, 4) is 0 Å². The number of hydrogen-bond acceptors (Lipinski definition) is 1. The molecule has 2 aromatic rings. The highest BCUT2D eigenvalue weighted by molar-refractivity contribution is 14.1. The summed E-state index contributed by atoms with van der Waals surface area (Å²) in [6.45, 7) is 0.332. The third kappa shape index (κ3) is 5.24. The lowest BCUT2D eigenvalue weighted by atomic mass is 10.1. The summed E-state index contributed by atoms with van der Waals surface area (Å²) >= 11 is 9.03. The third-order valence-electron chi connectivity index (χ3n) is 2.35. The molecule has 100 valence electrons. The van der Waals surface area contributed by atoms with Crippen LogP contribution in [-0.4, -0.2) is 5.78 Å². The molecule has 0 aliphatic rings. The van der Waals surface area contributed by atoms with Crippen molar-refractivity contribution >= 4 is 60.2 Å². The van der Waals surface area contributed by atoms with Crippen LogP contribution in [0.25, 0.3) is 0 Å². The summed E-state index contributed by atoms with van der Waals surface area (Å²) in [7, 11) is 0. The molecule has 1 aromatic heterocycles. The van der Waals surface area contributed by atoms with Gasteiger partial charge in [-0.2, -0.15) is 4.57 Å². The second-order valence-electron chi connectivity index (χ2n) is 3.77. The summed E-state index contributed by atoms with van der Waals surface area (Å²) in [5, 5.41) is 0. The largest absolute Gasteiger partial charge is 1.00 e. The van der Waals surface area contributed by atoms with Gasteiger partial charge in [0, 0.05) is 9.13 Å². The van der Waals surface area contributed by atoms with Crippen molar-refractivity contribution in [2.24, 2.45) is 0 Å². The maximum atomic E-state index is 12.1. The highest BCUT2D eigenvalue weighted by Crippen LogP contribution is 2.14. The molecule has 19 heavy (non-hydrogen) atoms. The van der Waals surface area contributed by atoms with Crippen molar-refractivity contribution < 1.29 is 26.3 Å². The lowest BCUT2D eigenvalue weighted by Gasteiger charge is -2.00. The molecule has 0 spiro atoms. The van der Waals surface area contributed by atoms with Gasteiger partial charge in [-0.25, -0.2) is 0 Å². The zero-order valence-corrected chi connectivity index (χ0v) is 16.5. The Morgan fingerprint density at radius 2 is 1.63 bits per heavy atom. The van der Waals surface area contributed by atoms with Crippen LogP contribution in [0.3, 0.4) is 0 Å². The number of halogens is 4. The number of nitrogens with zero attached hydrogens (tertiary/aromatic N) is 1. The first kappa shape index (κ1) is 17.3. The molecule has 0 fully saturated rings. The summed E-state index contributed by atoms with van der Waals surface area (Å²) in [4.78, 5) is 12.1. The summed E-state index contributed by atoms with van der Waals surface area (Å²) in [5.74, 6) is 0.0985. The van der Waals surface area contributed by atoms with Gasteiger partial charge in [-0.1, -0.05) is 12.1 Å². The first-order valence-corrected chi connectivity index (χ1v) is 7.85. The van der Waals surface area contributed by atoms with Crippen molar-refractivity contribution in [2.45, 2.75) is 6.54 Å². The molecule has 6 heteroatoms. The van der Waals surface area contributed by atoms with Crippen LogP contribution in [0.4, 0.5) is 0 Å². The number of benzene rings is 1. The number of Topliss-reactive ketones (excluding diaryl/α,β-unsaturated/α-hetero) is 1. The predicted molar refractivity (Wildman–Crippen MR) is 85.5 cm³/mol. The molecule has 0 aliphatic carbocycles. The van der Waals surface area contributed by atoms with Crippen LogP contribution in [0.5, 0.6) is 0 Å². The summed E-state index contributed by atoms with van der Waals surface area (Å²) < 4.78 is 4.86. The fourth-order valence-electron chi connectivity index (χ4n) is 1.54. The SMILES string of the molecule is O=C(C[n+]1cc(Br)cc(Br)c1)c1ccc(I)cc1.[Br-]. The van der Waals surface area contributed by atoms with Crippen LogP contribution >= 0.6 is 54.5 Å². The van der Waals surface area contributed by atoms with E-state index in [9.17, 15) is 4.79 Å². The van der Waals surface area contributed by atoms with Crippen molar-refractivity contribution in [2.75, 3.05) is 0 Å². The highest BCUT2D eigenvalue weighted by atomic mass is 127. The highest BCUT2D eigenvalue weighted by Gasteiger charge is 2.13. The van der Waals surface area contributed by atoms with E-state index < -0.39 is 0 Å². The minimum atomic E-state index is 0. The molecule has 0 bridgehead atoms. The van der Waals surface area contributed by atoms with E-state index in [1.807, 2.05) is 47.3 Å². The Balaban J connectivity index is 0.00000180. The van der Waals surface area contributed by atoms with E-state index in [0.717, 1.165) is 18.1 Å². The molecular formula is C13H9Br3INO. The molecule has 1 heterocycles. The Kier molecular flexibility index (Phi) is 7.13. The Bertz CT molecular complexity index is 567. The van der Waals surface area contributed by atoms with E-state index in [2.05, 4.69) is 54.5 Å². The van der Waals surface area contributed by atoms with Gasteiger partial charge in [-0.05, 0) is 72.6 Å². The van der Waals surface area contributed by atoms with Gasteiger partial charge >= 0.3 is 0 Å². The average Bonchev–Trinajstić information content (AvgIpc) is 2.28.